The van der Waals surface area contributed by atoms with Crippen LogP contribution < -0.4 is 15.5 Å². The molecule has 2 aromatic carbocycles. The van der Waals surface area contributed by atoms with Crippen molar-refractivity contribution in [2.24, 2.45) is 11.8 Å². The summed E-state index contributed by atoms with van der Waals surface area (Å²) in [5.74, 6) is -0.0437. The monoisotopic (exact) mass is 644 g/mol. The molecule has 0 aromatic heterocycles. The summed E-state index contributed by atoms with van der Waals surface area (Å²) in [7, 11) is 6.60. The van der Waals surface area contributed by atoms with Gasteiger partial charge in [-0.15, -0.1) is 0 Å². The molecule has 47 heavy (non-hydrogen) atoms. The normalized spacial score (nSPS) is 26.1. The smallest absolute Gasteiger partial charge is 0.251 e. The third-order valence-corrected chi connectivity index (χ3v) is 11.2. The van der Waals surface area contributed by atoms with Gasteiger partial charge in [0.1, 0.15) is 0 Å². The second-order valence-corrected chi connectivity index (χ2v) is 14.9. The van der Waals surface area contributed by atoms with Crippen LogP contribution in [0.5, 0.6) is 0 Å². The van der Waals surface area contributed by atoms with Crippen molar-refractivity contribution < 1.29 is 9.59 Å². The summed E-state index contributed by atoms with van der Waals surface area (Å²) < 4.78 is 0. The Morgan fingerprint density at radius 3 is 2.32 bits per heavy atom. The van der Waals surface area contributed by atoms with E-state index in [2.05, 4.69) is 109 Å². The molecular formula is C39H60N6O2. The molecular weight excluding hydrogens is 584 g/mol. The fraction of sp³-hybridized carbons (Fsp3) is 0.641. The maximum absolute atomic E-state index is 14.0. The van der Waals surface area contributed by atoms with Crippen LogP contribution in [0.1, 0.15) is 80.8 Å². The van der Waals surface area contributed by atoms with Crippen LogP contribution in [0.15, 0.2) is 36.4 Å². The first kappa shape index (κ1) is 35.4. The van der Waals surface area contributed by atoms with E-state index in [0.717, 1.165) is 74.4 Å². The summed E-state index contributed by atoms with van der Waals surface area (Å²) in [5.41, 5.74) is 6.38. The lowest BCUT2D eigenvalue weighted by Crippen LogP contribution is -2.50. The predicted molar refractivity (Wildman–Crippen MR) is 194 cm³/mol. The molecule has 2 saturated heterocycles. The summed E-state index contributed by atoms with van der Waals surface area (Å²) in [6, 6.07) is 14.6. The van der Waals surface area contributed by atoms with E-state index in [1.165, 1.54) is 31.4 Å². The van der Waals surface area contributed by atoms with E-state index in [9.17, 15) is 9.59 Å². The van der Waals surface area contributed by atoms with Gasteiger partial charge in [0.2, 0.25) is 5.91 Å². The van der Waals surface area contributed by atoms with Gasteiger partial charge in [-0.25, -0.2) is 0 Å². The molecule has 3 fully saturated rings. The maximum Gasteiger partial charge on any atom is 0.251 e. The zero-order chi connectivity index (χ0) is 33.7. The maximum atomic E-state index is 14.0. The predicted octanol–water partition coefficient (Wildman–Crippen LogP) is 5.39. The SMILES string of the molecule is CCN(c1cc(-c2ccc(CN3CCCN(C)CC3)cc2)cc(C(=O)NCC2C(=O)NC(C)CC2C)c1C)C1CCC(N(C)C)CC1. The summed E-state index contributed by atoms with van der Waals surface area (Å²) in [6.45, 7) is 15.2. The number of amides is 2. The third kappa shape index (κ3) is 8.76. The van der Waals surface area contributed by atoms with Gasteiger partial charge in [-0.05, 0) is 134 Å². The van der Waals surface area contributed by atoms with Crippen molar-refractivity contribution in [3.8, 4) is 11.1 Å². The molecule has 1 aliphatic carbocycles. The molecule has 2 N–H and O–H groups in total. The molecule has 5 rings (SSSR count). The molecule has 3 atom stereocenters. The minimum Gasteiger partial charge on any atom is -0.369 e. The Morgan fingerprint density at radius 1 is 0.957 bits per heavy atom. The lowest BCUT2D eigenvalue weighted by Gasteiger charge is -2.40. The second kappa shape index (κ2) is 16.0. The van der Waals surface area contributed by atoms with Crippen LogP contribution >= 0.6 is 0 Å². The average molecular weight is 645 g/mol. The van der Waals surface area contributed by atoms with Crippen molar-refractivity contribution >= 4 is 17.5 Å². The largest absolute Gasteiger partial charge is 0.369 e. The lowest BCUT2D eigenvalue weighted by molar-refractivity contribution is -0.129. The minimum atomic E-state index is -0.214. The van der Waals surface area contributed by atoms with Crippen molar-refractivity contribution in [3.63, 3.8) is 0 Å². The molecule has 8 heteroatoms. The minimum absolute atomic E-state index is 0.0421. The number of carbonyl (C=O) groups is 2. The van der Waals surface area contributed by atoms with Crippen LogP contribution in [0.25, 0.3) is 11.1 Å². The number of hydrogen-bond donors (Lipinski definition) is 2. The fourth-order valence-electron chi connectivity index (χ4n) is 8.21. The summed E-state index contributed by atoms with van der Waals surface area (Å²) >= 11 is 0. The highest BCUT2D eigenvalue weighted by Gasteiger charge is 2.33. The fourth-order valence-corrected chi connectivity index (χ4v) is 8.21. The third-order valence-electron chi connectivity index (χ3n) is 11.2. The highest BCUT2D eigenvalue weighted by atomic mass is 16.2. The molecule has 3 aliphatic rings. The van der Waals surface area contributed by atoms with Crippen LogP contribution in [-0.2, 0) is 11.3 Å². The molecule has 8 nitrogen and oxygen atoms in total. The molecule has 0 radical (unpaired) electrons. The van der Waals surface area contributed by atoms with Crippen LogP contribution in [0.3, 0.4) is 0 Å². The van der Waals surface area contributed by atoms with Crippen molar-refractivity contribution in [2.75, 3.05) is 65.3 Å². The Kier molecular flexibility index (Phi) is 12.0. The van der Waals surface area contributed by atoms with Gasteiger partial charge >= 0.3 is 0 Å². The molecule has 0 bridgehead atoms. The van der Waals surface area contributed by atoms with E-state index >= 15 is 0 Å². The highest BCUT2D eigenvalue weighted by Crippen LogP contribution is 2.36. The summed E-state index contributed by atoms with van der Waals surface area (Å²) in [4.78, 5) is 36.7. The topological polar surface area (TPSA) is 71.2 Å². The number of nitrogens with one attached hydrogen (secondary N) is 2. The summed E-state index contributed by atoms with van der Waals surface area (Å²) in [5, 5.41) is 6.25. The number of piperidine rings is 1. The molecule has 2 aliphatic heterocycles. The highest BCUT2D eigenvalue weighted by molar-refractivity contribution is 5.99. The van der Waals surface area contributed by atoms with E-state index in [1.807, 2.05) is 6.92 Å². The molecule has 0 spiro atoms. The Morgan fingerprint density at radius 2 is 1.66 bits per heavy atom. The second-order valence-electron chi connectivity index (χ2n) is 14.9. The van der Waals surface area contributed by atoms with Gasteiger partial charge in [-0.2, -0.15) is 0 Å². The number of benzene rings is 2. The summed E-state index contributed by atoms with van der Waals surface area (Å²) in [6.07, 6.45) is 6.81. The van der Waals surface area contributed by atoms with E-state index in [0.29, 0.717) is 24.2 Å². The van der Waals surface area contributed by atoms with Crippen molar-refractivity contribution in [1.29, 1.82) is 0 Å². The van der Waals surface area contributed by atoms with Gasteiger partial charge in [0, 0.05) is 62.1 Å². The molecule has 258 valence electrons. The van der Waals surface area contributed by atoms with E-state index in [4.69, 9.17) is 0 Å². The number of hydrogen-bond acceptors (Lipinski definition) is 6. The van der Waals surface area contributed by atoms with E-state index in [1.54, 1.807) is 0 Å². The Balaban J connectivity index is 1.41. The molecule has 3 unspecified atom stereocenters. The first-order valence-corrected chi connectivity index (χ1v) is 18.2. The number of likely N-dealkylation sites (N-methyl/N-ethyl adjacent to an activating group) is 1. The van der Waals surface area contributed by atoms with Gasteiger partial charge < -0.3 is 25.3 Å². The number of rotatable bonds is 10. The molecule has 2 amide bonds. The van der Waals surface area contributed by atoms with Crippen LogP contribution in [0.2, 0.25) is 0 Å². The van der Waals surface area contributed by atoms with E-state index < -0.39 is 0 Å². The zero-order valence-corrected chi connectivity index (χ0v) is 30.1. The van der Waals surface area contributed by atoms with Gasteiger partial charge in [0.15, 0.2) is 0 Å². The van der Waals surface area contributed by atoms with E-state index in [-0.39, 0.29) is 29.7 Å². The van der Waals surface area contributed by atoms with Crippen LogP contribution in [0.4, 0.5) is 5.69 Å². The number of nitrogens with zero attached hydrogens (tertiary/aromatic N) is 4. The number of carbonyl (C=O) groups excluding carboxylic acids is 2. The van der Waals surface area contributed by atoms with Crippen molar-refractivity contribution in [2.45, 2.75) is 90.9 Å². The van der Waals surface area contributed by atoms with Gasteiger partial charge in [-0.3, -0.25) is 14.5 Å². The lowest BCUT2D eigenvalue weighted by atomic mass is 9.84. The van der Waals surface area contributed by atoms with Crippen molar-refractivity contribution in [1.82, 2.24) is 25.3 Å². The quantitative estimate of drug-likeness (QED) is 0.362. The Labute approximate surface area is 284 Å². The zero-order valence-electron chi connectivity index (χ0n) is 30.1. The van der Waals surface area contributed by atoms with Crippen LogP contribution in [0, 0.1) is 18.8 Å². The van der Waals surface area contributed by atoms with Gasteiger partial charge in [-0.1, -0.05) is 31.2 Å². The number of anilines is 1. The molecule has 2 aromatic rings. The average Bonchev–Trinajstić information content (AvgIpc) is 3.25. The first-order valence-electron chi connectivity index (χ1n) is 18.2. The first-order chi connectivity index (χ1) is 22.5. The molecule has 1 saturated carbocycles. The van der Waals surface area contributed by atoms with Gasteiger partial charge in [0.25, 0.3) is 5.91 Å². The standard InChI is InChI=1S/C39H60N6O2/c1-8-45(34-16-14-33(15-17-34)42(5)6)37-24-32(31-12-10-30(11-13-31)26-44-19-9-18-43(7)20-21-44)23-35(29(37)4)38(46)40-25-36-27(2)22-28(3)41-39(36)47/h10-13,23-24,27-28,33-34,36H,8-9,14-22,25-26H2,1-7H3,(H,40,46)(H,41,47). The van der Waals surface area contributed by atoms with Crippen LogP contribution in [-0.4, -0.2) is 105 Å². The molecule has 2 heterocycles. The van der Waals surface area contributed by atoms with Crippen molar-refractivity contribution in [3.05, 3.63) is 53.1 Å². The Hall–Kier alpha value is -2.94. The van der Waals surface area contributed by atoms with Gasteiger partial charge in [0.05, 0.1) is 5.92 Å². The Bertz CT molecular complexity index is 1350.